The largest absolute Gasteiger partial charge is 0.397 e. The Morgan fingerprint density at radius 2 is 1.76 bits per heavy atom. The number of cyclic esters (lactones) is 2. The average Bonchev–Trinajstić information content (AvgIpc) is 2.59. The Labute approximate surface area is 100 Å². The van der Waals surface area contributed by atoms with Gasteiger partial charge in [0.25, 0.3) is 0 Å². The molecule has 0 bridgehead atoms. The number of carbonyl (C=O) groups excluding carboxylic acids is 2. The molecule has 0 saturated heterocycles. The van der Waals surface area contributed by atoms with Gasteiger partial charge in [-0.1, -0.05) is 6.07 Å². The number of ether oxygens (including phenoxy) is 1. The Bertz CT molecular complexity index is 493. The molecule has 1 aliphatic rings. The summed E-state index contributed by atoms with van der Waals surface area (Å²) in [6.07, 6.45) is 0. The molecular formula is C11H12O5Si. The summed E-state index contributed by atoms with van der Waals surface area (Å²) in [5.74, 6) is -1.18. The minimum absolute atomic E-state index is 0.316. The molecule has 0 saturated carbocycles. The maximum absolute atomic E-state index is 11.5. The van der Waals surface area contributed by atoms with Gasteiger partial charge in [-0.05, 0) is 23.7 Å². The molecule has 0 spiro atoms. The van der Waals surface area contributed by atoms with Gasteiger partial charge in [0.2, 0.25) is 0 Å². The van der Waals surface area contributed by atoms with Crippen LogP contribution in [-0.4, -0.2) is 35.4 Å². The zero-order valence-electron chi connectivity index (χ0n) is 9.77. The number of hydrogen-bond donors (Lipinski definition) is 0. The highest BCUT2D eigenvalue weighted by Gasteiger charge is 2.33. The van der Waals surface area contributed by atoms with Crippen LogP contribution in [0.4, 0.5) is 0 Å². The molecule has 1 aromatic carbocycles. The second kappa shape index (κ2) is 4.40. The van der Waals surface area contributed by atoms with Crippen molar-refractivity contribution in [3.63, 3.8) is 0 Å². The summed E-state index contributed by atoms with van der Waals surface area (Å²) in [5, 5.41) is 0.848. The van der Waals surface area contributed by atoms with Crippen molar-refractivity contribution in [2.75, 3.05) is 14.2 Å². The fraction of sp³-hybridized carbons (Fsp3) is 0.273. The SMILES string of the molecule is CO[SiH](OC)c1ccc2c(c1C)C(=O)OC2=O. The number of rotatable bonds is 3. The third-order valence-electron chi connectivity index (χ3n) is 2.80. The van der Waals surface area contributed by atoms with Crippen molar-refractivity contribution in [2.45, 2.75) is 6.92 Å². The molecule has 6 heteroatoms. The van der Waals surface area contributed by atoms with Gasteiger partial charge in [-0.2, -0.15) is 0 Å². The lowest BCUT2D eigenvalue weighted by molar-refractivity contribution is 0.0443. The summed E-state index contributed by atoms with van der Waals surface area (Å²) in [6, 6.07) is 3.35. The molecule has 0 N–H and O–H groups in total. The van der Waals surface area contributed by atoms with Crippen LogP contribution in [-0.2, 0) is 13.6 Å². The fourth-order valence-corrected chi connectivity index (χ4v) is 3.41. The van der Waals surface area contributed by atoms with E-state index in [1.807, 2.05) is 0 Å². The topological polar surface area (TPSA) is 61.8 Å². The second-order valence-corrected chi connectivity index (χ2v) is 5.91. The highest BCUT2D eigenvalue weighted by molar-refractivity contribution is 6.62. The molecule has 90 valence electrons. The highest BCUT2D eigenvalue weighted by atomic mass is 28.3. The van der Waals surface area contributed by atoms with Gasteiger partial charge in [0.05, 0.1) is 11.1 Å². The number of carbonyl (C=O) groups is 2. The van der Waals surface area contributed by atoms with Crippen LogP contribution in [0.1, 0.15) is 26.3 Å². The Balaban J connectivity index is 2.57. The van der Waals surface area contributed by atoms with Crippen LogP contribution in [0.3, 0.4) is 0 Å². The van der Waals surface area contributed by atoms with Gasteiger partial charge in [-0.25, -0.2) is 9.59 Å². The van der Waals surface area contributed by atoms with Gasteiger partial charge in [0.15, 0.2) is 0 Å². The molecule has 0 unspecified atom stereocenters. The molecular weight excluding hydrogens is 240 g/mol. The zero-order chi connectivity index (χ0) is 12.6. The first-order chi connectivity index (χ1) is 8.10. The molecule has 0 amide bonds. The Kier molecular flexibility index (Phi) is 3.10. The standard InChI is InChI=1S/C11H12O5Si/c1-6-8(17(14-2)15-3)5-4-7-9(6)11(13)16-10(7)12/h4-5,17H,1-3H3. The maximum atomic E-state index is 11.5. The first-order valence-corrected chi connectivity index (χ1v) is 6.57. The van der Waals surface area contributed by atoms with E-state index >= 15 is 0 Å². The van der Waals surface area contributed by atoms with Crippen LogP contribution >= 0.6 is 0 Å². The third-order valence-corrected chi connectivity index (χ3v) is 4.79. The van der Waals surface area contributed by atoms with E-state index in [2.05, 4.69) is 4.74 Å². The highest BCUT2D eigenvalue weighted by Crippen LogP contribution is 2.22. The lowest BCUT2D eigenvalue weighted by Crippen LogP contribution is -2.37. The van der Waals surface area contributed by atoms with E-state index in [4.69, 9.17) is 8.85 Å². The van der Waals surface area contributed by atoms with Crippen LogP contribution in [0, 0.1) is 6.92 Å². The number of esters is 2. The minimum Gasteiger partial charge on any atom is -0.397 e. The number of benzene rings is 1. The summed E-state index contributed by atoms with van der Waals surface area (Å²) < 4.78 is 15.1. The average molecular weight is 252 g/mol. The van der Waals surface area contributed by atoms with Crippen molar-refractivity contribution < 1.29 is 23.2 Å². The molecule has 1 aliphatic heterocycles. The van der Waals surface area contributed by atoms with Crippen LogP contribution in [0.2, 0.25) is 0 Å². The van der Waals surface area contributed by atoms with Crippen LogP contribution in [0.25, 0.3) is 0 Å². The van der Waals surface area contributed by atoms with Gasteiger partial charge in [0, 0.05) is 14.2 Å². The minimum atomic E-state index is -1.99. The Morgan fingerprint density at radius 3 is 2.35 bits per heavy atom. The first kappa shape index (κ1) is 12.0. The monoisotopic (exact) mass is 252 g/mol. The van der Waals surface area contributed by atoms with Crippen LogP contribution in [0.15, 0.2) is 12.1 Å². The predicted molar refractivity (Wildman–Crippen MR) is 61.7 cm³/mol. The summed E-state index contributed by atoms with van der Waals surface area (Å²) in [7, 11) is 1.14. The Hall–Kier alpha value is -1.50. The summed E-state index contributed by atoms with van der Waals surface area (Å²) in [4.78, 5) is 22.9. The lowest BCUT2D eigenvalue weighted by Gasteiger charge is -2.14. The molecule has 0 fully saturated rings. The maximum Gasteiger partial charge on any atom is 0.355 e. The quantitative estimate of drug-likeness (QED) is 0.431. The van der Waals surface area contributed by atoms with Crippen molar-refractivity contribution in [3.05, 3.63) is 28.8 Å². The second-order valence-electron chi connectivity index (χ2n) is 3.68. The Morgan fingerprint density at radius 1 is 1.12 bits per heavy atom. The molecule has 0 radical (unpaired) electrons. The molecule has 0 aliphatic carbocycles. The van der Waals surface area contributed by atoms with Crippen molar-refractivity contribution >= 4 is 26.4 Å². The lowest BCUT2D eigenvalue weighted by atomic mass is 10.0. The first-order valence-electron chi connectivity index (χ1n) is 5.05. The molecule has 2 rings (SSSR count). The van der Waals surface area contributed by atoms with E-state index in [1.165, 1.54) is 0 Å². The normalized spacial score (nSPS) is 14.1. The predicted octanol–water partition coefficient (Wildman–Crippen LogP) is 0.0259. The van der Waals surface area contributed by atoms with Gasteiger partial charge in [0.1, 0.15) is 0 Å². The molecule has 1 aromatic rings. The van der Waals surface area contributed by atoms with Crippen molar-refractivity contribution in [1.29, 1.82) is 0 Å². The van der Waals surface area contributed by atoms with Gasteiger partial charge in [-0.3, -0.25) is 0 Å². The summed E-state index contributed by atoms with van der Waals surface area (Å²) >= 11 is 0. The van der Waals surface area contributed by atoms with Crippen LogP contribution in [0.5, 0.6) is 0 Å². The summed E-state index contributed by atoms with van der Waals surface area (Å²) in [5.41, 5.74) is 1.36. The van der Waals surface area contributed by atoms with E-state index in [0.717, 1.165) is 5.19 Å². The molecule has 5 nitrogen and oxygen atoms in total. The zero-order valence-corrected chi connectivity index (χ0v) is 10.9. The van der Waals surface area contributed by atoms with Crippen molar-refractivity contribution in [3.8, 4) is 0 Å². The van der Waals surface area contributed by atoms with E-state index < -0.39 is 21.2 Å². The van der Waals surface area contributed by atoms with E-state index in [9.17, 15) is 9.59 Å². The molecule has 0 atom stereocenters. The molecule has 17 heavy (non-hydrogen) atoms. The van der Waals surface area contributed by atoms with E-state index in [0.29, 0.717) is 16.7 Å². The van der Waals surface area contributed by atoms with E-state index in [1.54, 1.807) is 33.3 Å². The van der Waals surface area contributed by atoms with Crippen molar-refractivity contribution in [1.82, 2.24) is 0 Å². The van der Waals surface area contributed by atoms with Gasteiger partial charge >= 0.3 is 21.2 Å². The number of fused-ring (bicyclic) bond motifs is 1. The fourth-order valence-electron chi connectivity index (χ4n) is 1.96. The van der Waals surface area contributed by atoms with Crippen LogP contribution < -0.4 is 5.19 Å². The van der Waals surface area contributed by atoms with Gasteiger partial charge < -0.3 is 13.6 Å². The van der Waals surface area contributed by atoms with Gasteiger partial charge in [-0.15, -0.1) is 0 Å². The van der Waals surface area contributed by atoms with Crippen molar-refractivity contribution in [2.24, 2.45) is 0 Å². The van der Waals surface area contributed by atoms with E-state index in [-0.39, 0.29) is 0 Å². The number of hydrogen-bond acceptors (Lipinski definition) is 5. The molecule has 1 heterocycles. The smallest absolute Gasteiger partial charge is 0.355 e. The molecule has 0 aromatic heterocycles. The third kappa shape index (κ3) is 1.80. The summed E-state index contributed by atoms with van der Waals surface area (Å²) in [6.45, 7) is 1.77.